The third-order valence-electron chi connectivity index (χ3n) is 4.11. The predicted molar refractivity (Wildman–Crippen MR) is 101 cm³/mol. The van der Waals surface area contributed by atoms with E-state index in [2.05, 4.69) is 32.2 Å². The molecule has 0 bridgehead atoms. The van der Waals surface area contributed by atoms with Gasteiger partial charge in [-0.05, 0) is 25.3 Å². The summed E-state index contributed by atoms with van der Waals surface area (Å²) in [7, 11) is -3.92. The first-order valence-corrected chi connectivity index (χ1v) is 11.3. The van der Waals surface area contributed by atoms with Crippen LogP contribution in [0, 0.1) is 0 Å². The maximum Gasteiger partial charge on any atom is 0.112 e. The lowest BCUT2D eigenvalue weighted by Crippen LogP contribution is -3.04. The van der Waals surface area contributed by atoms with Crippen molar-refractivity contribution in [3.05, 3.63) is 24.0 Å². The molecule has 5 heteroatoms. The molecule has 0 spiro atoms. The summed E-state index contributed by atoms with van der Waals surface area (Å²) in [5.41, 5.74) is 1.62. The molecule has 0 aromatic carbocycles. The number of quaternary nitrogens is 1. The molecule has 142 valence electrons. The van der Waals surface area contributed by atoms with Crippen LogP contribution < -0.4 is 4.90 Å². The zero-order valence-electron chi connectivity index (χ0n) is 15.9. The normalized spacial score (nSPS) is 16.7. The van der Waals surface area contributed by atoms with Crippen molar-refractivity contribution in [2.75, 3.05) is 12.8 Å². The van der Waals surface area contributed by atoms with E-state index in [1.807, 2.05) is 0 Å². The fourth-order valence-corrected chi connectivity index (χ4v) is 2.80. The zero-order chi connectivity index (χ0) is 18.3. The summed E-state index contributed by atoms with van der Waals surface area (Å²) in [4.78, 5) is 1.62. The number of nitrogens with one attached hydrogen (secondary N) is 1. The Kier molecular flexibility index (Phi) is 14.3. The monoisotopic (exact) mass is 359 g/mol. The van der Waals surface area contributed by atoms with Gasteiger partial charge in [-0.3, -0.25) is 4.90 Å². The van der Waals surface area contributed by atoms with Gasteiger partial charge in [0.25, 0.3) is 0 Å². The van der Waals surface area contributed by atoms with Gasteiger partial charge < -0.3 is 4.55 Å². The van der Waals surface area contributed by atoms with Crippen LogP contribution >= 0.6 is 0 Å². The lowest BCUT2D eigenvalue weighted by molar-refractivity contribution is -0.804. The molecule has 1 heterocycles. The van der Waals surface area contributed by atoms with Gasteiger partial charge in [0.2, 0.25) is 0 Å². The van der Waals surface area contributed by atoms with Crippen molar-refractivity contribution in [2.45, 2.75) is 84.5 Å². The van der Waals surface area contributed by atoms with Crippen LogP contribution in [-0.4, -0.2) is 25.8 Å². The molecule has 0 radical (unpaired) electrons. The molecule has 0 aromatic heterocycles. The van der Waals surface area contributed by atoms with Crippen LogP contribution in [0.15, 0.2) is 24.0 Å². The Hall–Kier alpha value is -0.650. The van der Waals surface area contributed by atoms with Crippen molar-refractivity contribution in [2.24, 2.45) is 0 Å². The third kappa shape index (κ3) is 16.2. The number of hydrogen-bond donors (Lipinski definition) is 1. The van der Waals surface area contributed by atoms with Crippen molar-refractivity contribution in [1.29, 1.82) is 0 Å². The van der Waals surface area contributed by atoms with E-state index >= 15 is 0 Å². The lowest BCUT2D eigenvalue weighted by Gasteiger charge is -2.14. The largest absolute Gasteiger partial charge is 0.748 e. The molecule has 1 aliphatic heterocycles. The first-order valence-electron chi connectivity index (χ1n) is 9.52. The number of hydrogen-bond acceptors (Lipinski definition) is 3. The molecular weight excluding hydrogens is 322 g/mol. The van der Waals surface area contributed by atoms with E-state index in [0.29, 0.717) is 6.26 Å². The molecule has 0 amide bonds. The minimum absolute atomic E-state index is 0.604. The molecule has 1 rings (SSSR count). The molecule has 1 aliphatic rings. The third-order valence-corrected chi connectivity index (χ3v) is 4.11. The van der Waals surface area contributed by atoms with Crippen molar-refractivity contribution in [3.8, 4) is 0 Å². The Labute approximate surface area is 149 Å². The van der Waals surface area contributed by atoms with E-state index in [0.717, 1.165) is 0 Å². The minimum Gasteiger partial charge on any atom is -0.748 e. The van der Waals surface area contributed by atoms with E-state index in [1.165, 1.54) is 77.2 Å². The van der Waals surface area contributed by atoms with Crippen LogP contribution in [0.2, 0.25) is 0 Å². The maximum absolute atomic E-state index is 9.08. The van der Waals surface area contributed by atoms with Crippen molar-refractivity contribution >= 4 is 10.1 Å². The van der Waals surface area contributed by atoms with Gasteiger partial charge in [0.1, 0.15) is 5.70 Å². The quantitative estimate of drug-likeness (QED) is 0.426. The Morgan fingerprint density at radius 1 is 0.917 bits per heavy atom. The van der Waals surface area contributed by atoms with Crippen LogP contribution in [0.3, 0.4) is 0 Å². The average molecular weight is 360 g/mol. The molecule has 1 atom stereocenters. The van der Waals surface area contributed by atoms with E-state index in [-0.39, 0.29) is 0 Å². The van der Waals surface area contributed by atoms with Gasteiger partial charge in [0, 0.05) is 18.8 Å². The highest BCUT2D eigenvalue weighted by Crippen LogP contribution is 2.08. The summed E-state index contributed by atoms with van der Waals surface area (Å²) >= 11 is 0. The van der Waals surface area contributed by atoms with E-state index in [9.17, 15) is 0 Å². The van der Waals surface area contributed by atoms with E-state index < -0.39 is 10.1 Å². The summed E-state index contributed by atoms with van der Waals surface area (Å²) in [6.07, 6.45) is 22.8. The fraction of sp³-hybridized carbons (Fsp3) is 0.789. The van der Waals surface area contributed by atoms with Gasteiger partial charge in [0.05, 0.1) is 22.9 Å². The van der Waals surface area contributed by atoms with Gasteiger partial charge in [-0.25, -0.2) is 8.42 Å². The highest BCUT2D eigenvalue weighted by atomic mass is 32.2. The van der Waals surface area contributed by atoms with Gasteiger partial charge in [0.15, 0.2) is 0 Å². The summed E-state index contributed by atoms with van der Waals surface area (Å²) in [6.45, 7) is 5.87. The summed E-state index contributed by atoms with van der Waals surface area (Å²) in [5.74, 6) is 0. The van der Waals surface area contributed by atoms with Crippen LogP contribution in [0.4, 0.5) is 0 Å². The topological polar surface area (TPSA) is 61.6 Å². The Bertz CT molecular complexity index is 447. The first kappa shape index (κ1) is 23.4. The molecule has 1 unspecified atom stereocenters. The Balaban J connectivity index is 0.000000922. The molecular formula is C19H37NO3S. The van der Waals surface area contributed by atoms with Crippen molar-refractivity contribution < 1.29 is 17.9 Å². The molecule has 1 N–H and O–H groups in total. The zero-order valence-corrected chi connectivity index (χ0v) is 16.7. The van der Waals surface area contributed by atoms with Gasteiger partial charge >= 0.3 is 0 Å². The number of allylic oxidation sites excluding steroid dienone is 3. The maximum atomic E-state index is 9.08. The average Bonchev–Trinajstić information content (AvgIpc) is 2.93. The minimum atomic E-state index is -3.92. The molecule has 0 fully saturated rings. The molecule has 0 saturated heterocycles. The van der Waals surface area contributed by atoms with Gasteiger partial charge in [-0.2, -0.15) is 0 Å². The SMILES string of the molecule is CCCCCCCCCC[NH+]1C=CC=C1CCCC.CS(=O)(=O)[O-]. The van der Waals surface area contributed by atoms with Crippen LogP contribution in [0.5, 0.6) is 0 Å². The summed E-state index contributed by atoms with van der Waals surface area (Å²) < 4.78 is 27.2. The molecule has 4 nitrogen and oxygen atoms in total. The summed E-state index contributed by atoms with van der Waals surface area (Å²) in [5, 5.41) is 0. The summed E-state index contributed by atoms with van der Waals surface area (Å²) in [6, 6.07) is 0. The van der Waals surface area contributed by atoms with Crippen molar-refractivity contribution in [3.63, 3.8) is 0 Å². The Morgan fingerprint density at radius 3 is 1.96 bits per heavy atom. The van der Waals surface area contributed by atoms with Crippen molar-refractivity contribution in [1.82, 2.24) is 0 Å². The highest BCUT2D eigenvalue weighted by Gasteiger charge is 2.15. The lowest BCUT2D eigenvalue weighted by atomic mass is 10.1. The van der Waals surface area contributed by atoms with Crippen LogP contribution in [0.25, 0.3) is 0 Å². The molecule has 24 heavy (non-hydrogen) atoms. The Morgan fingerprint density at radius 2 is 1.42 bits per heavy atom. The molecule has 0 aromatic rings. The van der Waals surface area contributed by atoms with E-state index in [4.69, 9.17) is 13.0 Å². The predicted octanol–water partition coefficient (Wildman–Crippen LogP) is 3.77. The number of unbranched alkanes of at least 4 members (excludes halogenated alkanes) is 8. The van der Waals surface area contributed by atoms with E-state index in [1.54, 1.807) is 10.6 Å². The number of rotatable bonds is 12. The van der Waals surface area contributed by atoms with Gasteiger partial charge in [-0.15, -0.1) is 0 Å². The second kappa shape index (κ2) is 14.7. The smallest absolute Gasteiger partial charge is 0.112 e. The standard InChI is InChI=1S/C18H33N.CH4O3S/c1-3-5-7-8-9-10-11-12-16-19-17-13-15-18(19)14-6-4-2;1-5(2,3)4/h13,15,17H,3-12,14,16H2,1-2H3;1H3,(H,2,3,4). The highest BCUT2D eigenvalue weighted by molar-refractivity contribution is 7.84. The van der Waals surface area contributed by atoms with Crippen LogP contribution in [0.1, 0.15) is 84.5 Å². The second-order valence-electron chi connectivity index (χ2n) is 6.61. The first-order chi connectivity index (χ1) is 11.4. The van der Waals surface area contributed by atoms with Crippen LogP contribution in [-0.2, 0) is 10.1 Å². The second-order valence-corrected chi connectivity index (χ2v) is 8.02. The fourth-order valence-electron chi connectivity index (χ4n) is 2.80. The molecule has 0 aliphatic carbocycles. The van der Waals surface area contributed by atoms with Gasteiger partial charge in [-0.1, -0.05) is 58.8 Å². The molecule has 0 saturated carbocycles.